The van der Waals surface area contributed by atoms with Crippen molar-refractivity contribution in [2.75, 3.05) is 20.2 Å². The molecule has 0 saturated carbocycles. The standard InChI is InChI=1S/C19H30N2O4/c1-8-16(23)20(10-12(3)4)11-15(22)17-13(5)18(19(24)25-7)21(9-2)14(17)6/h12H,8-11H2,1-7H3. The van der Waals surface area contributed by atoms with Crippen molar-refractivity contribution in [2.45, 2.75) is 54.5 Å². The number of methoxy groups -OCH3 is 1. The van der Waals surface area contributed by atoms with E-state index < -0.39 is 5.97 Å². The molecule has 0 unspecified atom stereocenters. The predicted octanol–water partition coefficient (Wildman–Crippen LogP) is 2.99. The third-order valence-corrected chi connectivity index (χ3v) is 4.32. The average Bonchev–Trinajstić information content (AvgIpc) is 2.82. The number of carbonyl (C=O) groups excluding carboxylic acids is 3. The van der Waals surface area contributed by atoms with E-state index in [0.717, 1.165) is 5.69 Å². The maximum Gasteiger partial charge on any atom is 0.354 e. The Labute approximate surface area is 150 Å². The lowest BCUT2D eigenvalue weighted by Gasteiger charge is -2.23. The second-order valence-corrected chi connectivity index (χ2v) is 6.61. The summed E-state index contributed by atoms with van der Waals surface area (Å²) >= 11 is 0. The third-order valence-electron chi connectivity index (χ3n) is 4.32. The Bertz CT molecular complexity index is 659. The summed E-state index contributed by atoms with van der Waals surface area (Å²) in [6.45, 7) is 12.4. The molecule has 1 amide bonds. The highest BCUT2D eigenvalue weighted by Gasteiger charge is 2.28. The van der Waals surface area contributed by atoms with Crippen LogP contribution in [0.5, 0.6) is 0 Å². The van der Waals surface area contributed by atoms with Gasteiger partial charge in [0.2, 0.25) is 5.91 Å². The molecule has 0 spiro atoms. The molecular weight excluding hydrogens is 320 g/mol. The molecule has 0 aliphatic rings. The number of Topliss-reactive ketones (excluding diaryl/α,β-unsaturated/α-hetero) is 1. The zero-order valence-corrected chi connectivity index (χ0v) is 16.4. The number of amides is 1. The van der Waals surface area contributed by atoms with E-state index in [-0.39, 0.29) is 24.2 Å². The van der Waals surface area contributed by atoms with Crippen molar-refractivity contribution in [3.8, 4) is 0 Å². The quantitative estimate of drug-likeness (QED) is 0.534. The first-order chi connectivity index (χ1) is 11.7. The van der Waals surface area contributed by atoms with E-state index in [0.29, 0.717) is 36.3 Å². The highest BCUT2D eigenvalue weighted by molar-refractivity contribution is 6.04. The largest absolute Gasteiger partial charge is 0.464 e. The van der Waals surface area contributed by atoms with E-state index >= 15 is 0 Å². The summed E-state index contributed by atoms with van der Waals surface area (Å²) in [5.74, 6) is -0.364. The number of hydrogen-bond donors (Lipinski definition) is 0. The first-order valence-corrected chi connectivity index (χ1v) is 8.78. The minimum atomic E-state index is -0.454. The van der Waals surface area contributed by atoms with Gasteiger partial charge >= 0.3 is 5.97 Å². The number of aromatic nitrogens is 1. The summed E-state index contributed by atoms with van der Waals surface area (Å²) in [5.41, 5.74) is 2.27. The van der Waals surface area contributed by atoms with Crippen molar-refractivity contribution in [3.05, 3.63) is 22.5 Å². The van der Waals surface area contributed by atoms with Gasteiger partial charge in [-0.3, -0.25) is 9.59 Å². The van der Waals surface area contributed by atoms with Crippen molar-refractivity contribution < 1.29 is 19.1 Å². The van der Waals surface area contributed by atoms with Gasteiger partial charge in [0.15, 0.2) is 5.78 Å². The highest BCUT2D eigenvalue weighted by Crippen LogP contribution is 2.24. The van der Waals surface area contributed by atoms with Gasteiger partial charge in [0.1, 0.15) is 5.69 Å². The maximum absolute atomic E-state index is 12.9. The predicted molar refractivity (Wildman–Crippen MR) is 97.0 cm³/mol. The van der Waals surface area contributed by atoms with Crippen LogP contribution in [0.2, 0.25) is 0 Å². The zero-order chi connectivity index (χ0) is 19.3. The molecule has 0 N–H and O–H groups in total. The summed E-state index contributed by atoms with van der Waals surface area (Å²) in [6.07, 6.45) is 0.362. The molecule has 1 aromatic heterocycles. The summed E-state index contributed by atoms with van der Waals surface area (Å²) in [5, 5.41) is 0. The van der Waals surface area contributed by atoms with Gasteiger partial charge in [0.25, 0.3) is 0 Å². The van der Waals surface area contributed by atoms with Crippen LogP contribution in [0.3, 0.4) is 0 Å². The molecule has 1 rings (SSSR count). The Morgan fingerprint density at radius 1 is 1.16 bits per heavy atom. The van der Waals surface area contributed by atoms with Crippen LogP contribution in [-0.2, 0) is 16.1 Å². The molecule has 6 nitrogen and oxygen atoms in total. The topological polar surface area (TPSA) is 68.6 Å². The molecule has 0 aliphatic carbocycles. The first kappa shape index (κ1) is 20.9. The summed E-state index contributed by atoms with van der Waals surface area (Å²) < 4.78 is 6.66. The molecule has 0 aliphatic heterocycles. The molecular formula is C19H30N2O4. The number of rotatable bonds is 8. The Hall–Kier alpha value is -2.11. The minimum absolute atomic E-state index is 0.0286. The zero-order valence-electron chi connectivity index (χ0n) is 16.4. The van der Waals surface area contributed by atoms with Gasteiger partial charge in [-0.1, -0.05) is 20.8 Å². The molecule has 0 radical (unpaired) electrons. The van der Waals surface area contributed by atoms with Crippen LogP contribution in [0.4, 0.5) is 0 Å². The monoisotopic (exact) mass is 350 g/mol. The molecule has 0 bridgehead atoms. The molecule has 1 heterocycles. The molecule has 1 aromatic rings. The first-order valence-electron chi connectivity index (χ1n) is 8.78. The van der Waals surface area contributed by atoms with Gasteiger partial charge in [-0.15, -0.1) is 0 Å². The Morgan fingerprint density at radius 2 is 1.76 bits per heavy atom. The van der Waals surface area contributed by atoms with Crippen molar-refractivity contribution in [2.24, 2.45) is 5.92 Å². The fourth-order valence-corrected chi connectivity index (χ4v) is 3.23. The normalized spacial score (nSPS) is 10.9. The van der Waals surface area contributed by atoms with Gasteiger partial charge in [0.05, 0.1) is 13.7 Å². The van der Waals surface area contributed by atoms with Crippen LogP contribution in [0, 0.1) is 19.8 Å². The second-order valence-electron chi connectivity index (χ2n) is 6.61. The SMILES string of the molecule is CCC(=O)N(CC(=O)c1c(C)c(C(=O)OC)n(CC)c1C)CC(C)C. The molecule has 0 atom stereocenters. The molecule has 0 saturated heterocycles. The van der Waals surface area contributed by atoms with E-state index in [1.54, 1.807) is 23.3 Å². The van der Waals surface area contributed by atoms with E-state index in [1.165, 1.54) is 7.11 Å². The fourth-order valence-electron chi connectivity index (χ4n) is 3.23. The number of nitrogens with zero attached hydrogens (tertiary/aromatic N) is 2. The molecule has 6 heteroatoms. The average molecular weight is 350 g/mol. The number of hydrogen-bond acceptors (Lipinski definition) is 4. The molecule has 0 fully saturated rings. The van der Waals surface area contributed by atoms with Crippen LogP contribution in [-0.4, -0.2) is 47.3 Å². The Morgan fingerprint density at radius 3 is 2.20 bits per heavy atom. The van der Waals surface area contributed by atoms with Crippen LogP contribution in [0.15, 0.2) is 0 Å². The Balaban J connectivity index is 3.26. The van der Waals surface area contributed by atoms with Crippen LogP contribution >= 0.6 is 0 Å². The lowest BCUT2D eigenvalue weighted by atomic mass is 10.0. The summed E-state index contributed by atoms with van der Waals surface area (Å²) in [4.78, 5) is 38.8. The van der Waals surface area contributed by atoms with Crippen LogP contribution in [0.1, 0.15) is 66.2 Å². The third kappa shape index (κ3) is 4.50. The number of ether oxygens (including phenoxy) is 1. The number of esters is 1. The van der Waals surface area contributed by atoms with Gasteiger partial charge < -0.3 is 14.2 Å². The van der Waals surface area contributed by atoms with E-state index in [2.05, 4.69) is 0 Å². The number of ketones is 1. The lowest BCUT2D eigenvalue weighted by molar-refractivity contribution is -0.130. The summed E-state index contributed by atoms with van der Waals surface area (Å²) in [7, 11) is 1.33. The lowest BCUT2D eigenvalue weighted by Crippen LogP contribution is -2.38. The molecule has 25 heavy (non-hydrogen) atoms. The van der Waals surface area contributed by atoms with Crippen molar-refractivity contribution in [1.29, 1.82) is 0 Å². The second kappa shape index (κ2) is 8.83. The van der Waals surface area contributed by atoms with Crippen molar-refractivity contribution in [3.63, 3.8) is 0 Å². The van der Waals surface area contributed by atoms with Crippen molar-refractivity contribution in [1.82, 2.24) is 9.47 Å². The maximum atomic E-state index is 12.9. The summed E-state index contributed by atoms with van der Waals surface area (Å²) in [6, 6.07) is 0. The van der Waals surface area contributed by atoms with E-state index in [1.807, 2.05) is 27.7 Å². The number of carbonyl (C=O) groups is 3. The van der Waals surface area contributed by atoms with E-state index in [4.69, 9.17) is 4.74 Å². The van der Waals surface area contributed by atoms with Crippen LogP contribution < -0.4 is 0 Å². The fraction of sp³-hybridized carbons (Fsp3) is 0.632. The molecule has 0 aromatic carbocycles. The molecule has 140 valence electrons. The van der Waals surface area contributed by atoms with Crippen molar-refractivity contribution >= 4 is 17.7 Å². The van der Waals surface area contributed by atoms with Gasteiger partial charge in [-0.2, -0.15) is 0 Å². The van der Waals surface area contributed by atoms with Gasteiger partial charge in [0, 0.05) is 30.8 Å². The highest BCUT2D eigenvalue weighted by atomic mass is 16.5. The Kier molecular flexibility index (Phi) is 7.39. The van der Waals surface area contributed by atoms with E-state index in [9.17, 15) is 14.4 Å². The smallest absolute Gasteiger partial charge is 0.354 e. The minimum Gasteiger partial charge on any atom is -0.464 e. The van der Waals surface area contributed by atoms with Gasteiger partial charge in [-0.05, 0) is 32.3 Å². The van der Waals surface area contributed by atoms with Crippen LogP contribution in [0.25, 0.3) is 0 Å². The van der Waals surface area contributed by atoms with Gasteiger partial charge in [-0.25, -0.2) is 4.79 Å².